The molecule has 19 heteroatoms. The standard InChI is InChI=1S/C18H13ClF3NO7.C15H14Cl2N2O3/c1-2-28-16(24)9-29-17(25)12-8-11(4-5-14(12)23(26)27)30-15-6-3-10(7-13(15)19)18(20,21)22;1-5-6-21-12-8-11(9(16)7-10(12)17)19-14(20)22-13(18-19)15(2,3)4/h3-8H,2,9H2,1H3;1,7-8H,6H2,2-4H3. The van der Waals surface area contributed by atoms with Gasteiger partial charge in [-0.25, -0.2) is 14.4 Å². The average molecular weight is 789 g/mol. The van der Waals surface area contributed by atoms with Crippen LogP contribution < -0.4 is 15.2 Å². The van der Waals surface area contributed by atoms with Gasteiger partial charge in [-0.15, -0.1) is 11.5 Å². The number of carbonyl (C=O) groups excluding carboxylic acids is 2. The summed E-state index contributed by atoms with van der Waals surface area (Å²) in [5.41, 5.74) is -2.26. The third kappa shape index (κ3) is 10.9. The second-order valence-corrected chi connectivity index (χ2v) is 12.3. The molecule has 3 aromatic carbocycles. The van der Waals surface area contributed by atoms with Crippen LogP contribution in [0.5, 0.6) is 17.2 Å². The van der Waals surface area contributed by atoms with Crippen LogP contribution >= 0.6 is 34.8 Å². The van der Waals surface area contributed by atoms with Crippen molar-refractivity contribution in [2.45, 2.75) is 39.3 Å². The first-order chi connectivity index (χ1) is 24.3. The molecule has 0 spiro atoms. The summed E-state index contributed by atoms with van der Waals surface area (Å²) in [4.78, 5) is 45.8. The molecule has 4 aromatic rings. The molecular formula is C33H27Cl3F3N3O10. The van der Waals surface area contributed by atoms with Crippen LogP contribution in [0.1, 0.15) is 49.5 Å². The minimum atomic E-state index is -4.61. The van der Waals surface area contributed by atoms with Crippen LogP contribution in [-0.4, -0.2) is 46.5 Å². The van der Waals surface area contributed by atoms with Gasteiger partial charge in [0.2, 0.25) is 5.89 Å². The molecule has 13 nitrogen and oxygen atoms in total. The van der Waals surface area contributed by atoms with Gasteiger partial charge in [0.05, 0.1) is 37.8 Å². The Morgan fingerprint density at radius 2 is 1.67 bits per heavy atom. The highest BCUT2D eigenvalue weighted by molar-refractivity contribution is 6.36. The van der Waals surface area contributed by atoms with Crippen LogP contribution in [0.25, 0.3) is 5.69 Å². The fraction of sp³-hybridized carbons (Fsp3) is 0.273. The number of rotatable bonds is 10. The van der Waals surface area contributed by atoms with Crippen LogP contribution in [0.4, 0.5) is 18.9 Å². The fourth-order valence-corrected chi connectivity index (χ4v) is 4.57. The molecule has 0 saturated carbocycles. The molecule has 0 N–H and O–H groups in total. The van der Waals surface area contributed by atoms with Crippen LogP contribution in [0.15, 0.2) is 57.7 Å². The lowest BCUT2D eigenvalue weighted by Crippen LogP contribution is -2.17. The average Bonchev–Trinajstić information content (AvgIpc) is 3.46. The van der Waals surface area contributed by atoms with Crippen molar-refractivity contribution in [3.63, 3.8) is 0 Å². The zero-order valence-corrected chi connectivity index (χ0v) is 29.8. The Bertz CT molecular complexity index is 2070. The summed E-state index contributed by atoms with van der Waals surface area (Å²) in [7, 11) is 0. The number of hydrogen-bond acceptors (Lipinski definition) is 11. The summed E-state index contributed by atoms with van der Waals surface area (Å²) in [5, 5.41) is 15.5. The van der Waals surface area contributed by atoms with E-state index in [0.717, 1.165) is 35.0 Å². The molecule has 4 rings (SSSR count). The van der Waals surface area contributed by atoms with Crippen molar-refractivity contribution in [2.24, 2.45) is 0 Å². The number of nitro groups is 1. The van der Waals surface area contributed by atoms with E-state index < -0.39 is 57.6 Å². The summed E-state index contributed by atoms with van der Waals surface area (Å²) in [6.07, 6.45) is 0.548. The minimum Gasteiger partial charge on any atom is -0.479 e. The first kappa shape index (κ1) is 41.2. The highest BCUT2D eigenvalue weighted by atomic mass is 35.5. The van der Waals surface area contributed by atoms with Gasteiger partial charge in [-0.1, -0.05) is 61.5 Å². The summed E-state index contributed by atoms with van der Waals surface area (Å²) in [5.74, 6) is -0.0493. The summed E-state index contributed by atoms with van der Waals surface area (Å²) in [6, 6.07) is 8.31. The Kier molecular flexibility index (Phi) is 13.7. The van der Waals surface area contributed by atoms with Gasteiger partial charge < -0.3 is 23.4 Å². The highest BCUT2D eigenvalue weighted by Crippen LogP contribution is 2.37. The maximum Gasteiger partial charge on any atom is 0.442 e. The van der Waals surface area contributed by atoms with Crippen molar-refractivity contribution in [1.29, 1.82) is 0 Å². The van der Waals surface area contributed by atoms with Crippen LogP contribution in [0.2, 0.25) is 15.1 Å². The van der Waals surface area contributed by atoms with Crippen LogP contribution in [-0.2, 0) is 25.9 Å². The Morgan fingerprint density at radius 1 is 1.00 bits per heavy atom. The van der Waals surface area contributed by atoms with E-state index in [9.17, 15) is 37.7 Å². The molecule has 276 valence electrons. The molecule has 0 aliphatic rings. The van der Waals surface area contributed by atoms with Crippen molar-refractivity contribution < 1.29 is 51.0 Å². The molecule has 0 saturated heterocycles. The third-order valence-electron chi connectivity index (χ3n) is 6.23. The molecule has 0 aliphatic carbocycles. The predicted octanol–water partition coefficient (Wildman–Crippen LogP) is 8.22. The number of alkyl halides is 3. The van der Waals surface area contributed by atoms with Crippen LogP contribution in [0, 0.1) is 22.5 Å². The second-order valence-electron chi connectivity index (χ2n) is 11.1. The van der Waals surface area contributed by atoms with E-state index in [-0.39, 0.29) is 39.8 Å². The zero-order chi connectivity index (χ0) is 39.0. The minimum absolute atomic E-state index is 0.0434. The first-order valence-corrected chi connectivity index (χ1v) is 15.7. The van der Waals surface area contributed by atoms with Crippen molar-refractivity contribution in [3.8, 4) is 35.3 Å². The molecule has 0 unspecified atom stereocenters. The highest BCUT2D eigenvalue weighted by Gasteiger charge is 2.31. The third-order valence-corrected chi connectivity index (χ3v) is 7.12. The fourth-order valence-electron chi connectivity index (χ4n) is 3.84. The quantitative estimate of drug-likeness (QED) is 0.0659. The Hall–Kier alpha value is -5.24. The number of hydrogen-bond donors (Lipinski definition) is 0. The number of benzene rings is 3. The Morgan fingerprint density at radius 3 is 2.23 bits per heavy atom. The van der Waals surface area contributed by atoms with Crippen LogP contribution in [0.3, 0.4) is 0 Å². The zero-order valence-electron chi connectivity index (χ0n) is 27.5. The molecule has 0 bridgehead atoms. The van der Waals surface area contributed by atoms with Gasteiger partial charge in [0.15, 0.2) is 6.61 Å². The largest absolute Gasteiger partial charge is 0.479 e. The maximum atomic E-state index is 12.7. The SMILES string of the molecule is C#CCOc1cc(-n2nc(C(C)(C)C)oc2=O)c(Cl)cc1Cl.CCOC(=O)COC(=O)c1cc(Oc2ccc(C(F)(F)F)cc2Cl)ccc1[N+](=O)[O-]. The lowest BCUT2D eigenvalue weighted by atomic mass is 9.97. The van der Waals surface area contributed by atoms with Crippen molar-refractivity contribution >= 4 is 52.4 Å². The van der Waals surface area contributed by atoms with E-state index in [4.69, 9.17) is 59.9 Å². The van der Waals surface area contributed by atoms with E-state index in [2.05, 4.69) is 15.8 Å². The van der Waals surface area contributed by atoms with Gasteiger partial charge in [0.25, 0.3) is 5.69 Å². The molecular weight excluding hydrogens is 762 g/mol. The van der Waals surface area contributed by atoms with E-state index in [1.165, 1.54) is 19.1 Å². The van der Waals surface area contributed by atoms with Gasteiger partial charge in [-0.2, -0.15) is 17.9 Å². The van der Waals surface area contributed by atoms with E-state index in [0.29, 0.717) is 23.4 Å². The lowest BCUT2D eigenvalue weighted by molar-refractivity contribution is -0.385. The van der Waals surface area contributed by atoms with Crippen molar-refractivity contribution in [3.05, 3.63) is 101 Å². The van der Waals surface area contributed by atoms with Gasteiger partial charge >= 0.3 is 23.9 Å². The number of esters is 2. The Labute approximate surface area is 308 Å². The number of terminal acetylenes is 1. The molecule has 52 heavy (non-hydrogen) atoms. The molecule has 1 aromatic heterocycles. The normalized spacial score (nSPS) is 11.1. The number of ether oxygens (including phenoxy) is 4. The number of nitrogens with zero attached hydrogens (tertiary/aromatic N) is 3. The lowest BCUT2D eigenvalue weighted by Gasteiger charge is -2.12. The summed E-state index contributed by atoms with van der Waals surface area (Å²) in [6.45, 7) is 6.52. The second kappa shape index (κ2) is 17.3. The van der Waals surface area contributed by atoms with E-state index >= 15 is 0 Å². The maximum absolute atomic E-state index is 12.7. The molecule has 0 fully saturated rings. The molecule has 0 amide bonds. The summed E-state index contributed by atoms with van der Waals surface area (Å²) >= 11 is 18.0. The molecule has 0 radical (unpaired) electrons. The van der Waals surface area contributed by atoms with Gasteiger partial charge in [-0.05, 0) is 37.3 Å². The molecule has 0 atom stereocenters. The monoisotopic (exact) mass is 787 g/mol. The topological polar surface area (TPSA) is 162 Å². The molecule has 1 heterocycles. The van der Waals surface area contributed by atoms with Crippen molar-refractivity contribution in [2.75, 3.05) is 19.8 Å². The van der Waals surface area contributed by atoms with E-state index in [1.807, 2.05) is 20.8 Å². The van der Waals surface area contributed by atoms with E-state index in [1.54, 1.807) is 0 Å². The number of carbonyl (C=O) groups is 2. The smallest absolute Gasteiger partial charge is 0.442 e. The Balaban J connectivity index is 0.000000294. The van der Waals surface area contributed by atoms with Gasteiger partial charge in [-0.3, -0.25) is 10.1 Å². The van der Waals surface area contributed by atoms with Gasteiger partial charge in [0, 0.05) is 23.6 Å². The number of halogens is 6. The van der Waals surface area contributed by atoms with Crippen molar-refractivity contribution in [1.82, 2.24) is 9.78 Å². The first-order valence-electron chi connectivity index (χ1n) is 14.6. The predicted molar refractivity (Wildman–Crippen MR) is 182 cm³/mol. The number of aromatic nitrogens is 2. The summed E-state index contributed by atoms with van der Waals surface area (Å²) < 4.78 is 64.3. The molecule has 0 aliphatic heterocycles. The number of nitro benzene ring substituents is 1. The van der Waals surface area contributed by atoms with Gasteiger partial charge in [0.1, 0.15) is 29.4 Å².